The number of hydrogen-bond acceptors (Lipinski definition) is 1. The lowest BCUT2D eigenvalue weighted by Crippen LogP contribution is -2.19. The molecule has 0 spiro atoms. The zero-order valence-corrected chi connectivity index (χ0v) is 12.7. The molecule has 2 rings (SSSR count). The van der Waals surface area contributed by atoms with E-state index in [0.717, 1.165) is 4.47 Å². The maximum atomic E-state index is 11.8. The topological polar surface area (TPSA) is 41.1 Å². The first-order valence-electron chi connectivity index (χ1n) is 5.33. The van der Waals surface area contributed by atoms with Gasteiger partial charge in [0.1, 0.15) is 0 Å². The fourth-order valence-electron chi connectivity index (χ4n) is 1.41. The van der Waals surface area contributed by atoms with Crippen molar-refractivity contribution in [1.82, 2.24) is 0 Å². The Balaban J connectivity index is 2.05. The van der Waals surface area contributed by atoms with Crippen molar-refractivity contribution in [2.24, 2.45) is 0 Å². The molecule has 0 aromatic heterocycles. The number of benzene rings is 2. The van der Waals surface area contributed by atoms with Crippen LogP contribution in [0.1, 0.15) is 0 Å². The molecule has 19 heavy (non-hydrogen) atoms. The molecule has 6 heteroatoms. The fourth-order valence-corrected chi connectivity index (χ4v) is 2.01. The summed E-state index contributed by atoms with van der Waals surface area (Å²) in [5.74, 6) is 0. The van der Waals surface area contributed by atoms with Crippen LogP contribution in [0.4, 0.5) is 16.2 Å². The molecule has 2 aromatic rings. The first-order chi connectivity index (χ1) is 9.04. The van der Waals surface area contributed by atoms with Crippen molar-refractivity contribution < 1.29 is 4.79 Å². The van der Waals surface area contributed by atoms with Gasteiger partial charge in [0.2, 0.25) is 0 Å². The van der Waals surface area contributed by atoms with Crippen LogP contribution in [0.5, 0.6) is 0 Å². The Bertz CT molecular complexity index is 602. The summed E-state index contributed by atoms with van der Waals surface area (Å²) in [5.41, 5.74) is 1.14. The highest BCUT2D eigenvalue weighted by atomic mass is 79.9. The van der Waals surface area contributed by atoms with Gasteiger partial charge in [-0.3, -0.25) is 0 Å². The van der Waals surface area contributed by atoms with Gasteiger partial charge in [-0.2, -0.15) is 0 Å². The Morgan fingerprint density at radius 1 is 1.00 bits per heavy atom. The van der Waals surface area contributed by atoms with Gasteiger partial charge < -0.3 is 10.6 Å². The molecule has 0 unspecified atom stereocenters. The van der Waals surface area contributed by atoms with Gasteiger partial charge in [-0.05, 0) is 42.5 Å². The minimum absolute atomic E-state index is 0.383. The lowest BCUT2D eigenvalue weighted by atomic mass is 10.3. The minimum Gasteiger partial charge on any atom is -0.308 e. The van der Waals surface area contributed by atoms with E-state index in [4.69, 9.17) is 23.2 Å². The van der Waals surface area contributed by atoms with E-state index in [2.05, 4.69) is 26.6 Å². The molecule has 0 saturated heterocycles. The van der Waals surface area contributed by atoms with E-state index in [0.29, 0.717) is 21.4 Å². The Labute approximate surface area is 129 Å². The highest BCUT2D eigenvalue weighted by molar-refractivity contribution is 9.10. The molecular formula is C13H9BrCl2N2O. The van der Waals surface area contributed by atoms with Gasteiger partial charge in [-0.15, -0.1) is 0 Å². The van der Waals surface area contributed by atoms with Gasteiger partial charge in [0.05, 0.1) is 10.7 Å². The summed E-state index contributed by atoms with van der Waals surface area (Å²) in [6, 6.07) is 11.7. The molecule has 0 aliphatic rings. The number of urea groups is 1. The van der Waals surface area contributed by atoms with Crippen molar-refractivity contribution in [3.8, 4) is 0 Å². The van der Waals surface area contributed by atoms with Crippen molar-refractivity contribution in [2.45, 2.75) is 0 Å². The Morgan fingerprint density at radius 3 is 2.37 bits per heavy atom. The van der Waals surface area contributed by atoms with Gasteiger partial charge in [0.25, 0.3) is 0 Å². The third kappa shape index (κ3) is 4.13. The standard InChI is InChI=1S/C13H9BrCl2N2O/c14-8-1-4-10(5-2-8)17-13(19)18-12-7-9(15)3-6-11(12)16/h1-7H,(H2,17,18,19). The summed E-state index contributed by atoms with van der Waals surface area (Å²) in [6.45, 7) is 0. The maximum Gasteiger partial charge on any atom is 0.323 e. The van der Waals surface area contributed by atoms with E-state index in [1.165, 1.54) is 0 Å². The number of rotatable bonds is 2. The van der Waals surface area contributed by atoms with Crippen LogP contribution in [0.2, 0.25) is 10.0 Å². The number of anilines is 2. The largest absolute Gasteiger partial charge is 0.323 e. The number of nitrogens with one attached hydrogen (secondary N) is 2. The van der Waals surface area contributed by atoms with Crippen LogP contribution < -0.4 is 10.6 Å². The zero-order chi connectivity index (χ0) is 13.8. The third-order valence-corrected chi connectivity index (χ3v) is 3.37. The van der Waals surface area contributed by atoms with Crippen LogP contribution in [-0.2, 0) is 0 Å². The van der Waals surface area contributed by atoms with Crippen LogP contribution in [0.15, 0.2) is 46.9 Å². The Morgan fingerprint density at radius 2 is 1.68 bits per heavy atom. The lowest BCUT2D eigenvalue weighted by molar-refractivity contribution is 0.262. The molecule has 0 heterocycles. The molecule has 2 aromatic carbocycles. The van der Waals surface area contributed by atoms with E-state index < -0.39 is 0 Å². The Kier molecular flexibility index (Phi) is 4.69. The predicted octanol–water partition coefficient (Wildman–Crippen LogP) is 5.40. The molecule has 3 nitrogen and oxygen atoms in total. The number of carbonyl (C=O) groups excluding carboxylic acids is 1. The van der Waals surface area contributed by atoms with Crippen LogP contribution in [0.3, 0.4) is 0 Å². The van der Waals surface area contributed by atoms with E-state index in [-0.39, 0.29) is 6.03 Å². The highest BCUT2D eigenvalue weighted by Crippen LogP contribution is 2.25. The summed E-state index contributed by atoms with van der Waals surface area (Å²) in [6.07, 6.45) is 0. The van der Waals surface area contributed by atoms with Gasteiger partial charge in [0.15, 0.2) is 0 Å². The monoisotopic (exact) mass is 358 g/mol. The van der Waals surface area contributed by atoms with E-state index >= 15 is 0 Å². The maximum absolute atomic E-state index is 11.8. The average molecular weight is 360 g/mol. The molecule has 0 radical (unpaired) electrons. The van der Waals surface area contributed by atoms with E-state index in [1.807, 2.05) is 12.1 Å². The predicted molar refractivity (Wildman–Crippen MR) is 83.2 cm³/mol. The summed E-state index contributed by atoms with van der Waals surface area (Å²) in [4.78, 5) is 11.8. The molecule has 2 amide bonds. The van der Waals surface area contributed by atoms with Crippen LogP contribution in [-0.4, -0.2) is 6.03 Å². The molecule has 0 atom stereocenters. The van der Waals surface area contributed by atoms with Crippen molar-refractivity contribution in [3.05, 3.63) is 57.0 Å². The van der Waals surface area contributed by atoms with Crippen molar-refractivity contribution in [2.75, 3.05) is 10.6 Å². The van der Waals surface area contributed by atoms with E-state index in [9.17, 15) is 4.79 Å². The minimum atomic E-state index is -0.383. The van der Waals surface area contributed by atoms with E-state index in [1.54, 1.807) is 30.3 Å². The third-order valence-electron chi connectivity index (χ3n) is 2.28. The van der Waals surface area contributed by atoms with Gasteiger partial charge in [-0.1, -0.05) is 39.1 Å². The van der Waals surface area contributed by atoms with Crippen molar-refractivity contribution >= 4 is 56.5 Å². The molecule has 0 aliphatic heterocycles. The number of amides is 2. The van der Waals surface area contributed by atoms with Gasteiger partial charge in [0, 0.05) is 15.2 Å². The molecule has 0 bridgehead atoms. The molecule has 0 saturated carbocycles. The van der Waals surface area contributed by atoms with Gasteiger partial charge >= 0.3 is 6.03 Å². The number of halogens is 3. The molecular weight excluding hydrogens is 351 g/mol. The number of carbonyl (C=O) groups is 1. The first kappa shape index (κ1) is 14.2. The Hall–Kier alpha value is -1.23. The highest BCUT2D eigenvalue weighted by Gasteiger charge is 2.06. The van der Waals surface area contributed by atoms with Crippen LogP contribution in [0.25, 0.3) is 0 Å². The second-order valence-corrected chi connectivity index (χ2v) is 5.47. The summed E-state index contributed by atoms with van der Waals surface area (Å²) < 4.78 is 0.941. The lowest BCUT2D eigenvalue weighted by Gasteiger charge is -2.09. The molecule has 0 fully saturated rings. The quantitative estimate of drug-likeness (QED) is 0.740. The van der Waals surface area contributed by atoms with Gasteiger partial charge in [-0.25, -0.2) is 4.79 Å². The average Bonchev–Trinajstić information content (AvgIpc) is 2.37. The second kappa shape index (κ2) is 6.28. The van der Waals surface area contributed by atoms with Crippen molar-refractivity contribution in [3.63, 3.8) is 0 Å². The summed E-state index contributed by atoms with van der Waals surface area (Å²) in [7, 11) is 0. The molecule has 98 valence electrons. The van der Waals surface area contributed by atoms with Crippen LogP contribution >= 0.6 is 39.1 Å². The van der Waals surface area contributed by atoms with Crippen molar-refractivity contribution in [1.29, 1.82) is 0 Å². The number of hydrogen-bond donors (Lipinski definition) is 2. The SMILES string of the molecule is O=C(Nc1ccc(Br)cc1)Nc1cc(Cl)ccc1Cl. The molecule has 2 N–H and O–H groups in total. The fraction of sp³-hybridized carbons (Fsp3) is 0. The molecule has 0 aliphatic carbocycles. The summed E-state index contributed by atoms with van der Waals surface area (Å²) in [5, 5.41) is 6.26. The normalized spacial score (nSPS) is 10.1. The second-order valence-electron chi connectivity index (χ2n) is 3.71. The zero-order valence-electron chi connectivity index (χ0n) is 9.58. The van der Waals surface area contributed by atoms with Crippen LogP contribution in [0, 0.1) is 0 Å². The smallest absolute Gasteiger partial charge is 0.308 e. The summed E-state index contributed by atoms with van der Waals surface area (Å²) >= 11 is 15.1. The first-order valence-corrected chi connectivity index (χ1v) is 6.88.